The Morgan fingerprint density at radius 2 is 1.77 bits per heavy atom. The maximum Gasteiger partial charge on any atom is 0.128 e. The third-order valence-electron chi connectivity index (χ3n) is 4.00. The van der Waals surface area contributed by atoms with Gasteiger partial charge in [-0.15, -0.1) is 0 Å². The van der Waals surface area contributed by atoms with Crippen LogP contribution in [0.1, 0.15) is 18.4 Å². The standard InChI is InChI=1S/C18H20FNO2/c19-17-9-5-4-8-16(17)18(10-11-18)20-12-14(21)13-22-15-6-2-1-3-7-15/h1-9,14,20-21H,10-13H2. The number of benzene rings is 2. The quantitative estimate of drug-likeness (QED) is 0.826. The van der Waals surface area contributed by atoms with Crippen molar-refractivity contribution in [2.24, 2.45) is 0 Å². The van der Waals surface area contributed by atoms with E-state index in [4.69, 9.17) is 4.74 Å². The van der Waals surface area contributed by atoms with Crippen molar-refractivity contribution in [2.45, 2.75) is 24.5 Å². The normalized spacial score (nSPS) is 17.0. The molecule has 4 heteroatoms. The number of halogens is 1. The lowest BCUT2D eigenvalue weighted by Crippen LogP contribution is -2.38. The predicted octanol–water partition coefficient (Wildman–Crippen LogP) is 2.84. The topological polar surface area (TPSA) is 41.5 Å². The molecule has 1 unspecified atom stereocenters. The molecule has 1 aliphatic carbocycles. The second-order valence-electron chi connectivity index (χ2n) is 5.72. The highest BCUT2D eigenvalue weighted by Crippen LogP contribution is 2.46. The van der Waals surface area contributed by atoms with Crippen LogP contribution in [0.2, 0.25) is 0 Å². The van der Waals surface area contributed by atoms with E-state index in [0.717, 1.165) is 18.6 Å². The van der Waals surface area contributed by atoms with Gasteiger partial charge in [0.25, 0.3) is 0 Å². The molecule has 1 aliphatic rings. The van der Waals surface area contributed by atoms with Gasteiger partial charge in [-0.3, -0.25) is 0 Å². The zero-order valence-corrected chi connectivity index (χ0v) is 12.3. The number of aliphatic hydroxyl groups excluding tert-OH is 1. The van der Waals surface area contributed by atoms with E-state index in [1.165, 1.54) is 6.07 Å². The summed E-state index contributed by atoms with van der Waals surface area (Å²) < 4.78 is 19.4. The van der Waals surface area contributed by atoms with E-state index in [1.54, 1.807) is 6.07 Å². The Bertz CT molecular complexity index is 613. The van der Waals surface area contributed by atoms with Crippen LogP contribution in [0.5, 0.6) is 5.75 Å². The molecule has 0 heterocycles. The van der Waals surface area contributed by atoms with E-state index < -0.39 is 6.10 Å². The van der Waals surface area contributed by atoms with Gasteiger partial charge < -0.3 is 15.2 Å². The summed E-state index contributed by atoms with van der Waals surface area (Å²) in [7, 11) is 0. The van der Waals surface area contributed by atoms with Gasteiger partial charge in [-0.1, -0.05) is 36.4 Å². The summed E-state index contributed by atoms with van der Waals surface area (Å²) in [5, 5.41) is 13.3. The molecule has 0 saturated heterocycles. The molecule has 3 nitrogen and oxygen atoms in total. The molecule has 2 aromatic rings. The van der Waals surface area contributed by atoms with Crippen molar-refractivity contribution >= 4 is 0 Å². The molecular weight excluding hydrogens is 281 g/mol. The summed E-state index contributed by atoms with van der Waals surface area (Å²) in [6.07, 6.45) is 1.14. The van der Waals surface area contributed by atoms with Crippen LogP contribution in [-0.2, 0) is 5.54 Å². The van der Waals surface area contributed by atoms with Crippen LogP contribution in [0, 0.1) is 5.82 Å². The van der Waals surface area contributed by atoms with Crippen molar-refractivity contribution in [3.05, 3.63) is 66.0 Å². The maximum atomic E-state index is 13.9. The average molecular weight is 301 g/mol. The summed E-state index contributed by atoms with van der Waals surface area (Å²) in [5.41, 5.74) is 0.366. The van der Waals surface area contributed by atoms with Crippen molar-refractivity contribution in [1.29, 1.82) is 0 Å². The smallest absolute Gasteiger partial charge is 0.128 e. The summed E-state index contributed by atoms with van der Waals surface area (Å²) in [5.74, 6) is 0.541. The number of para-hydroxylation sites is 1. The van der Waals surface area contributed by atoms with Gasteiger partial charge >= 0.3 is 0 Å². The molecule has 22 heavy (non-hydrogen) atoms. The highest BCUT2D eigenvalue weighted by Gasteiger charge is 2.45. The molecule has 0 aromatic heterocycles. The van der Waals surface area contributed by atoms with Gasteiger partial charge in [0.15, 0.2) is 0 Å². The van der Waals surface area contributed by atoms with Crippen molar-refractivity contribution < 1.29 is 14.2 Å². The van der Waals surface area contributed by atoms with Gasteiger partial charge in [0.1, 0.15) is 24.3 Å². The molecule has 0 spiro atoms. The van der Waals surface area contributed by atoms with E-state index in [2.05, 4.69) is 5.32 Å². The molecule has 0 bridgehead atoms. The molecule has 3 rings (SSSR count). The summed E-state index contributed by atoms with van der Waals surface area (Å²) in [6, 6.07) is 16.2. The first-order valence-electron chi connectivity index (χ1n) is 7.56. The highest BCUT2D eigenvalue weighted by molar-refractivity contribution is 5.31. The molecule has 1 atom stereocenters. The van der Waals surface area contributed by atoms with Crippen molar-refractivity contribution in [3.8, 4) is 5.75 Å². The van der Waals surface area contributed by atoms with Crippen LogP contribution < -0.4 is 10.1 Å². The van der Waals surface area contributed by atoms with Crippen LogP contribution in [0.25, 0.3) is 0 Å². The van der Waals surface area contributed by atoms with Crippen LogP contribution in [0.3, 0.4) is 0 Å². The number of hydrogen-bond donors (Lipinski definition) is 2. The summed E-state index contributed by atoms with van der Waals surface area (Å²) >= 11 is 0. The number of nitrogens with one attached hydrogen (secondary N) is 1. The fourth-order valence-corrected chi connectivity index (χ4v) is 2.60. The Hall–Kier alpha value is -1.91. The Kier molecular flexibility index (Phi) is 4.41. The summed E-state index contributed by atoms with van der Waals surface area (Å²) in [6.45, 7) is 0.589. The lowest BCUT2D eigenvalue weighted by molar-refractivity contribution is 0.102. The highest BCUT2D eigenvalue weighted by atomic mass is 19.1. The van der Waals surface area contributed by atoms with Crippen LogP contribution in [0.4, 0.5) is 4.39 Å². The fraction of sp³-hybridized carbons (Fsp3) is 0.333. The van der Waals surface area contributed by atoms with E-state index in [-0.39, 0.29) is 18.0 Å². The van der Waals surface area contributed by atoms with Gasteiger partial charge in [0.2, 0.25) is 0 Å². The fourth-order valence-electron chi connectivity index (χ4n) is 2.60. The van der Waals surface area contributed by atoms with E-state index >= 15 is 0 Å². The number of ether oxygens (including phenoxy) is 1. The van der Waals surface area contributed by atoms with Gasteiger partial charge in [-0.05, 0) is 31.0 Å². The first-order chi connectivity index (χ1) is 10.7. The Morgan fingerprint density at radius 3 is 2.45 bits per heavy atom. The van der Waals surface area contributed by atoms with Crippen molar-refractivity contribution in [3.63, 3.8) is 0 Å². The molecule has 116 valence electrons. The molecule has 1 saturated carbocycles. The molecule has 2 N–H and O–H groups in total. The maximum absolute atomic E-state index is 13.9. The minimum atomic E-state index is -0.635. The largest absolute Gasteiger partial charge is 0.491 e. The lowest BCUT2D eigenvalue weighted by Gasteiger charge is -2.21. The summed E-state index contributed by atoms with van der Waals surface area (Å²) in [4.78, 5) is 0. The minimum absolute atomic E-state index is 0.192. The molecule has 0 amide bonds. The van der Waals surface area contributed by atoms with Gasteiger partial charge in [-0.25, -0.2) is 4.39 Å². The van der Waals surface area contributed by atoms with Crippen LogP contribution in [-0.4, -0.2) is 24.4 Å². The SMILES string of the molecule is OC(CNC1(c2ccccc2F)CC1)COc1ccccc1. The molecule has 2 aromatic carbocycles. The van der Waals surface area contributed by atoms with Gasteiger partial charge in [0.05, 0.1) is 0 Å². The monoisotopic (exact) mass is 301 g/mol. The van der Waals surface area contributed by atoms with Crippen molar-refractivity contribution in [1.82, 2.24) is 5.32 Å². The zero-order chi connectivity index (χ0) is 15.4. The average Bonchev–Trinajstić information content (AvgIpc) is 3.33. The van der Waals surface area contributed by atoms with E-state index in [0.29, 0.717) is 12.1 Å². The van der Waals surface area contributed by atoms with E-state index in [9.17, 15) is 9.50 Å². The van der Waals surface area contributed by atoms with Crippen LogP contribution in [0.15, 0.2) is 54.6 Å². The Balaban J connectivity index is 1.51. The van der Waals surface area contributed by atoms with Gasteiger partial charge in [-0.2, -0.15) is 0 Å². The van der Waals surface area contributed by atoms with Gasteiger partial charge in [0, 0.05) is 17.6 Å². The molecular formula is C18H20FNO2. The molecule has 1 fully saturated rings. The second-order valence-corrected chi connectivity index (χ2v) is 5.72. The number of rotatable bonds is 7. The number of aliphatic hydroxyl groups is 1. The number of hydrogen-bond acceptors (Lipinski definition) is 3. The predicted molar refractivity (Wildman–Crippen MR) is 83.3 cm³/mol. The lowest BCUT2D eigenvalue weighted by atomic mass is 10.0. The zero-order valence-electron chi connectivity index (χ0n) is 12.3. The minimum Gasteiger partial charge on any atom is -0.491 e. The second kappa shape index (κ2) is 6.46. The first kappa shape index (κ1) is 15.0. The third-order valence-corrected chi connectivity index (χ3v) is 4.00. The van der Waals surface area contributed by atoms with E-state index in [1.807, 2.05) is 42.5 Å². The Morgan fingerprint density at radius 1 is 1.09 bits per heavy atom. The van der Waals surface area contributed by atoms with Crippen LogP contribution >= 0.6 is 0 Å². The van der Waals surface area contributed by atoms with Crippen molar-refractivity contribution in [2.75, 3.05) is 13.2 Å². The first-order valence-corrected chi connectivity index (χ1v) is 7.56. The third kappa shape index (κ3) is 3.46. The molecule has 0 aliphatic heterocycles. The Labute approximate surface area is 129 Å². The molecule has 0 radical (unpaired) electrons.